The number of fused-ring (bicyclic) bond motifs is 1. The van der Waals surface area contributed by atoms with Crippen molar-refractivity contribution in [3.63, 3.8) is 0 Å². The van der Waals surface area contributed by atoms with Crippen LogP contribution < -0.4 is 10.1 Å². The van der Waals surface area contributed by atoms with Crippen LogP contribution >= 0.6 is 23.7 Å². The number of halogens is 1. The van der Waals surface area contributed by atoms with Gasteiger partial charge in [-0.25, -0.2) is 0 Å². The topological polar surface area (TPSA) is 41.5 Å². The number of nitrogens with one attached hydrogen (secondary N) is 1. The summed E-state index contributed by atoms with van der Waals surface area (Å²) in [5, 5.41) is 15.1. The second-order valence-electron chi connectivity index (χ2n) is 5.24. The molecule has 19 heavy (non-hydrogen) atoms. The van der Waals surface area contributed by atoms with Gasteiger partial charge in [0.25, 0.3) is 0 Å². The molecule has 5 heteroatoms. The third-order valence-electron chi connectivity index (χ3n) is 3.22. The van der Waals surface area contributed by atoms with E-state index in [0.717, 1.165) is 12.2 Å². The van der Waals surface area contributed by atoms with Gasteiger partial charge in [-0.2, -0.15) is 0 Å². The minimum Gasteiger partial charge on any atom is -0.490 e. The van der Waals surface area contributed by atoms with E-state index in [4.69, 9.17) is 4.74 Å². The molecule has 0 fully saturated rings. The van der Waals surface area contributed by atoms with Crippen molar-refractivity contribution in [2.45, 2.75) is 51.7 Å². The monoisotopic (exact) mass is 305 g/mol. The maximum absolute atomic E-state index is 9.82. The minimum atomic E-state index is -0.438. The standard InChI is InChI=1S/C14H23NO2S.ClH/c1-10(2)15-7-11(16)8-17-13-9-18-14-6-4-3-5-12(13)14;/h9-11,15-16H,3-8H2,1-2H3;1H. The average Bonchev–Trinajstić information content (AvgIpc) is 2.77. The number of rotatable bonds is 6. The normalized spacial score (nSPS) is 15.8. The predicted molar refractivity (Wildman–Crippen MR) is 82.8 cm³/mol. The molecule has 1 aliphatic rings. The largest absolute Gasteiger partial charge is 0.490 e. The zero-order valence-electron chi connectivity index (χ0n) is 11.6. The lowest BCUT2D eigenvalue weighted by molar-refractivity contribution is 0.104. The van der Waals surface area contributed by atoms with Crippen LogP contribution in [0.5, 0.6) is 5.75 Å². The van der Waals surface area contributed by atoms with Gasteiger partial charge in [-0.15, -0.1) is 23.7 Å². The van der Waals surface area contributed by atoms with E-state index in [2.05, 4.69) is 24.5 Å². The second kappa shape index (κ2) is 8.10. The summed E-state index contributed by atoms with van der Waals surface area (Å²) < 4.78 is 5.76. The maximum atomic E-state index is 9.82. The molecule has 2 N–H and O–H groups in total. The van der Waals surface area contributed by atoms with E-state index < -0.39 is 6.10 Å². The molecule has 0 radical (unpaired) electrons. The molecule has 1 aromatic rings. The van der Waals surface area contributed by atoms with E-state index in [1.165, 1.54) is 29.7 Å². The molecular weight excluding hydrogens is 282 g/mol. The van der Waals surface area contributed by atoms with Crippen molar-refractivity contribution < 1.29 is 9.84 Å². The van der Waals surface area contributed by atoms with Gasteiger partial charge in [-0.3, -0.25) is 0 Å². The predicted octanol–water partition coefficient (Wildman–Crippen LogP) is 2.79. The number of aliphatic hydroxyl groups excluding tert-OH is 1. The molecule has 1 atom stereocenters. The van der Waals surface area contributed by atoms with Gasteiger partial charge in [-0.05, 0) is 25.7 Å². The zero-order valence-corrected chi connectivity index (χ0v) is 13.3. The summed E-state index contributed by atoms with van der Waals surface area (Å²) in [6.07, 6.45) is 4.45. The zero-order chi connectivity index (χ0) is 13.0. The van der Waals surface area contributed by atoms with E-state index in [0.29, 0.717) is 19.2 Å². The number of aryl methyl sites for hydroxylation is 1. The Morgan fingerprint density at radius 2 is 2.11 bits per heavy atom. The first-order valence-electron chi connectivity index (χ1n) is 6.80. The minimum absolute atomic E-state index is 0. The second-order valence-corrected chi connectivity index (χ2v) is 6.20. The van der Waals surface area contributed by atoms with E-state index >= 15 is 0 Å². The van der Waals surface area contributed by atoms with Crippen LogP contribution in [0.3, 0.4) is 0 Å². The summed E-state index contributed by atoms with van der Waals surface area (Å²) in [5.74, 6) is 0.998. The summed E-state index contributed by atoms with van der Waals surface area (Å²) in [6.45, 7) is 5.11. The molecule has 0 bridgehead atoms. The van der Waals surface area contributed by atoms with Crippen molar-refractivity contribution >= 4 is 23.7 Å². The van der Waals surface area contributed by atoms with Crippen molar-refractivity contribution in [3.8, 4) is 5.75 Å². The highest BCUT2D eigenvalue weighted by Crippen LogP contribution is 2.35. The summed E-state index contributed by atoms with van der Waals surface area (Å²) in [7, 11) is 0. The molecule has 1 unspecified atom stereocenters. The van der Waals surface area contributed by atoms with Gasteiger partial charge in [0, 0.05) is 28.4 Å². The van der Waals surface area contributed by atoms with Crippen molar-refractivity contribution in [3.05, 3.63) is 15.8 Å². The fourth-order valence-electron chi connectivity index (χ4n) is 2.20. The van der Waals surface area contributed by atoms with Crippen LogP contribution in [0.15, 0.2) is 5.38 Å². The molecular formula is C14H24ClNO2S. The Morgan fingerprint density at radius 1 is 1.37 bits per heavy atom. The molecule has 1 aliphatic carbocycles. The smallest absolute Gasteiger partial charge is 0.133 e. The van der Waals surface area contributed by atoms with Gasteiger partial charge >= 0.3 is 0 Å². The van der Waals surface area contributed by atoms with Crippen molar-refractivity contribution in [2.75, 3.05) is 13.2 Å². The van der Waals surface area contributed by atoms with Crippen LogP contribution in [-0.2, 0) is 12.8 Å². The number of ether oxygens (including phenoxy) is 1. The van der Waals surface area contributed by atoms with Crippen LogP contribution in [0.2, 0.25) is 0 Å². The van der Waals surface area contributed by atoms with Gasteiger partial charge in [-0.1, -0.05) is 13.8 Å². The first-order valence-corrected chi connectivity index (χ1v) is 7.68. The Kier molecular flexibility index (Phi) is 7.15. The van der Waals surface area contributed by atoms with Crippen LogP contribution in [0, 0.1) is 0 Å². The molecule has 0 amide bonds. The molecule has 0 spiro atoms. The molecule has 0 saturated heterocycles. The fraction of sp³-hybridized carbons (Fsp3) is 0.714. The quantitative estimate of drug-likeness (QED) is 0.849. The van der Waals surface area contributed by atoms with Crippen LogP contribution in [0.4, 0.5) is 0 Å². The summed E-state index contributed by atoms with van der Waals surface area (Å²) >= 11 is 1.80. The summed E-state index contributed by atoms with van der Waals surface area (Å²) in [4.78, 5) is 1.48. The first-order chi connectivity index (χ1) is 8.66. The fourth-order valence-corrected chi connectivity index (χ4v) is 3.27. The lowest BCUT2D eigenvalue weighted by Gasteiger charge is -2.16. The molecule has 110 valence electrons. The molecule has 3 nitrogen and oxygen atoms in total. The Bertz CT molecular complexity index is 382. The van der Waals surface area contributed by atoms with Crippen LogP contribution in [-0.4, -0.2) is 30.4 Å². The number of hydrogen-bond donors (Lipinski definition) is 2. The highest BCUT2D eigenvalue weighted by atomic mass is 35.5. The van der Waals surface area contributed by atoms with Gasteiger partial charge in [0.2, 0.25) is 0 Å². The highest BCUT2D eigenvalue weighted by molar-refractivity contribution is 7.10. The van der Waals surface area contributed by atoms with Crippen molar-refractivity contribution in [1.29, 1.82) is 0 Å². The molecule has 0 aromatic carbocycles. The Morgan fingerprint density at radius 3 is 2.84 bits per heavy atom. The van der Waals surface area contributed by atoms with E-state index in [-0.39, 0.29) is 12.4 Å². The summed E-state index contributed by atoms with van der Waals surface area (Å²) in [6, 6.07) is 0.397. The van der Waals surface area contributed by atoms with E-state index in [1.54, 1.807) is 11.3 Å². The number of hydrogen-bond acceptors (Lipinski definition) is 4. The van der Waals surface area contributed by atoms with Crippen molar-refractivity contribution in [1.82, 2.24) is 5.32 Å². The van der Waals surface area contributed by atoms with E-state index in [1.807, 2.05) is 0 Å². The van der Waals surface area contributed by atoms with Gasteiger partial charge in [0.1, 0.15) is 18.5 Å². The van der Waals surface area contributed by atoms with Crippen LogP contribution in [0.25, 0.3) is 0 Å². The van der Waals surface area contributed by atoms with Crippen molar-refractivity contribution in [2.24, 2.45) is 0 Å². The molecule has 0 aliphatic heterocycles. The molecule has 2 rings (SSSR count). The van der Waals surface area contributed by atoms with Gasteiger partial charge < -0.3 is 15.2 Å². The lowest BCUT2D eigenvalue weighted by atomic mass is 9.99. The Labute approximate surface area is 125 Å². The molecule has 1 aromatic heterocycles. The number of thiophene rings is 1. The third kappa shape index (κ3) is 4.95. The SMILES string of the molecule is CC(C)NCC(O)COc1csc2c1CCCC2.Cl. The highest BCUT2D eigenvalue weighted by Gasteiger charge is 2.17. The lowest BCUT2D eigenvalue weighted by Crippen LogP contribution is -2.35. The third-order valence-corrected chi connectivity index (χ3v) is 4.28. The maximum Gasteiger partial charge on any atom is 0.133 e. The van der Waals surface area contributed by atoms with Gasteiger partial charge in [0.05, 0.1) is 0 Å². The average molecular weight is 306 g/mol. The van der Waals surface area contributed by atoms with Crippen LogP contribution in [0.1, 0.15) is 37.1 Å². The van der Waals surface area contributed by atoms with Gasteiger partial charge in [0.15, 0.2) is 0 Å². The molecule has 1 heterocycles. The Balaban J connectivity index is 0.00000180. The van der Waals surface area contributed by atoms with E-state index in [9.17, 15) is 5.11 Å². The first kappa shape index (κ1) is 16.8. The number of aliphatic hydroxyl groups is 1. The summed E-state index contributed by atoms with van der Waals surface area (Å²) in [5.41, 5.74) is 1.38. The Hall–Kier alpha value is -0.290. The molecule has 0 saturated carbocycles.